The summed E-state index contributed by atoms with van der Waals surface area (Å²) in [4.78, 5) is 11.9. The highest BCUT2D eigenvalue weighted by molar-refractivity contribution is 5.70. The molecule has 0 saturated heterocycles. The molecule has 0 bridgehead atoms. The number of nitrogens with one attached hydrogen (secondary N) is 1. The Bertz CT molecular complexity index is 874. The molecule has 3 rings (SSSR count). The number of rotatable bonds is 4. The number of hydrogen-bond donors (Lipinski definition) is 1. The zero-order valence-electron chi connectivity index (χ0n) is 13.4. The molecule has 0 radical (unpaired) electrons. The van der Waals surface area contributed by atoms with Gasteiger partial charge in [0.25, 0.3) is 0 Å². The summed E-state index contributed by atoms with van der Waals surface area (Å²) in [6.07, 6.45) is 0.766. The largest absolute Gasteiger partial charge is 0.412 e. The second-order valence-electron chi connectivity index (χ2n) is 5.35. The maximum atomic E-state index is 13.0. The summed E-state index contributed by atoms with van der Waals surface area (Å²) < 4.78 is 32.6. The van der Waals surface area contributed by atoms with E-state index in [2.05, 4.69) is 10.4 Å². The summed E-state index contributed by atoms with van der Waals surface area (Å²) in [6.45, 7) is 1.95. The molecule has 0 saturated carbocycles. The summed E-state index contributed by atoms with van der Waals surface area (Å²) >= 11 is 0. The number of nitrogens with zero attached hydrogens (tertiary/aromatic N) is 2. The van der Waals surface area contributed by atoms with Crippen molar-refractivity contribution in [3.8, 4) is 11.4 Å². The Morgan fingerprint density at radius 1 is 1.08 bits per heavy atom. The van der Waals surface area contributed by atoms with E-state index in [1.165, 1.54) is 30.5 Å². The normalized spacial score (nSPS) is 10.5. The molecule has 0 aliphatic rings. The van der Waals surface area contributed by atoms with Crippen LogP contribution < -0.4 is 10.1 Å². The molecule has 7 heteroatoms. The van der Waals surface area contributed by atoms with Crippen LogP contribution in [0.25, 0.3) is 5.69 Å². The minimum absolute atomic E-state index is 0.213. The van der Waals surface area contributed by atoms with E-state index in [1.807, 2.05) is 0 Å². The summed E-state index contributed by atoms with van der Waals surface area (Å²) in [5, 5.41) is 6.72. The lowest BCUT2D eigenvalue weighted by atomic mass is 10.2. The minimum Gasteiger partial charge on any atom is -0.407 e. The van der Waals surface area contributed by atoms with Gasteiger partial charge < -0.3 is 10.1 Å². The number of carbonyl (C=O) groups is 1. The summed E-state index contributed by atoms with van der Waals surface area (Å²) in [7, 11) is 0. The van der Waals surface area contributed by atoms with Crippen molar-refractivity contribution in [1.82, 2.24) is 15.1 Å². The highest BCUT2D eigenvalue weighted by Crippen LogP contribution is 2.20. The molecule has 0 spiro atoms. The van der Waals surface area contributed by atoms with E-state index in [0.717, 1.165) is 5.56 Å². The summed E-state index contributed by atoms with van der Waals surface area (Å²) in [5.74, 6) is -0.388. The van der Waals surface area contributed by atoms with Gasteiger partial charge in [-0.25, -0.2) is 18.3 Å². The van der Waals surface area contributed by atoms with Crippen LogP contribution in [0, 0.1) is 18.6 Å². The second kappa shape index (κ2) is 7.12. The van der Waals surface area contributed by atoms with Gasteiger partial charge in [-0.05, 0) is 48.9 Å². The summed E-state index contributed by atoms with van der Waals surface area (Å²) in [6, 6.07) is 11.6. The lowest BCUT2D eigenvalue weighted by molar-refractivity contribution is 0.199. The third-order valence-electron chi connectivity index (χ3n) is 3.59. The lowest BCUT2D eigenvalue weighted by Gasteiger charge is -2.07. The molecule has 5 nitrogen and oxygen atoms in total. The Hall–Kier alpha value is -3.22. The van der Waals surface area contributed by atoms with Crippen molar-refractivity contribution in [2.24, 2.45) is 0 Å². The molecule has 0 fully saturated rings. The Labute approximate surface area is 142 Å². The molecular weight excluding hydrogens is 328 g/mol. The Morgan fingerprint density at radius 2 is 1.68 bits per heavy atom. The monoisotopic (exact) mass is 343 g/mol. The predicted octanol–water partition coefficient (Wildman–Crippen LogP) is 3.75. The molecule has 0 atom stereocenters. The Morgan fingerprint density at radius 3 is 2.32 bits per heavy atom. The van der Waals surface area contributed by atoms with Crippen molar-refractivity contribution < 1.29 is 18.3 Å². The molecule has 0 aliphatic heterocycles. The minimum atomic E-state index is -0.647. The van der Waals surface area contributed by atoms with E-state index >= 15 is 0 Å². The van der Waals surface area contributed by atoms with Crippen LogP contribution >= 0.6 is 0 Å². The molecule has 1 heterocycles. The number of ether oxygens (including phenoxy) is 1. The fraction of sp³-hybridized carbons (Fsp3) is 0.111. The fourth-order valence-corrected chi connectivity index (χ4v) is 2.25. The van der Waals surface area contributed by atoms with Crippen LogP contribution in [0.2, 0.25) is 0 Å². The van der Waals surface area contributed by atoms with Gasteiger partial charge in [0.15, 0.2) is 5.75 Å². The third-order valence-corrected chi connectivity index (χ3v) is 3.59. The smallest absolute Gasteiger partial charge is 0.407 e. The molecule has 2 aromatic carbocycles. The molecule has 0 aliphatic carbocycles. The quantitative estimate of drug-likeness (QED) is 0.785. The highest BCUT2D eigenvalue weighted by atomic mass is 19.1. The van der Waals surface area contributed by atoms with E-state index in [1.54, 1.807) is 35.9 Å². The average Bonchev–Trinajstić information content (AvgIpc) is 2.96. The standard InChI is InChI=1S/C18H15F2N3O2/c1-12-17(11-22-23(12)16-8-6-15(20)7-9-16)25-18(24)21-10-13-2-4-14(19)5-3-13/h2-9,11H,10H2,1H3,(H,21,24). The molecule has 25 heavy (non-hydrogen) atoms. The van der Waals surface area contributed by atoms with Gasteiger partial charge in [-0.2, -0.15) is 5.10 Å². The first-order valence-electron chi connectivity index (χ1n) is 7.53. The number of hydrogen-bond acceptors (Lipinski definition) is 3. The maximum absolute atomic E-state index is 13.0. The van der Waals surface area contributed by atoms with Gasteiger partial charge in [-0.15, -0.1) is 0 Å². The highest BCUT2D eigenvalue weighted by Gasteiger charge is 2.13. The van der Waals surface area contributed by atoms with E-state index in [4.69, 9.17) is 4.74 Å². The number of aromatic nitrogens is 2. The zero-order chi connectivity index (χ0) is 17.8. The molecule has 1 amide bonds. The molecule has 128 valence electrons. The van der Waals surface area contributed by atoms with Crippen LogP contribution in [0.5, 0.6) is 5.75 Å². The number of halogens is 2. The van der Waals surface area contributed by atoms with Crippen molar-refractivity contribution in [3.63, 3.8) is 0 Å². The van der Waals surface area contributed by atoms with Gasteiger partial charge in [-0.3, -0.25) is 0 Å². The maximum Gasteiger partial charge on any atom is 0.412 e. The van der Waals surface area contributed by atoms with Crippen LogP contribution in [-0.4, -0.2) is 15.9 Å². The van der Waals surface area contributed by atoms with Crippen molar-refractivity contribution in [1.29, 1.82) is 0 Å². The first-order chi connectivity index (χ1) is 12.0. The molecule has 1 aromatic heterocycles. The van der Waals surface area contributed by atoms with Gasteiger partial charge in [0, 0.05) is 6.54 Å². The summed E-state index contributed by atoms with van der Waals surface area (Å²) in [5.41, 5.74) is 2.00. The number of carbonyl (C=O) groups excluding carboxylic acids is 1. The SMILES string of the molecule is Cc1c(OC(=O)NCc2ccc(F)cc2)cnn1-c1ccc(F)cc1. The molecule has 3 aromatic rings. The van der Waals surface area contributed by atoms with Gasteiger partial charge in [0.05, 0.1) is 17.6 Å². The Balaban J connectivity index is 1.63. The third kappa shape index (κ3) is 4.00. The molecule has 1 N–H and O–H groups in total. The van der Waals surface area contributed by atoms with E-state index in [-0.39, 0.29) is 18.2 Å². The fourth-order valence-electron chi connectivity index (χ4n) is 2.25. The predicted molar refractivity (Wildman–Crippen MR) is 87.5 cm³/mol. The molecular formula is C18H15F2N3O2. The molecule has 0 unspecified atom stereocenters. The van der Waals surface area contributed by atoms with Gasteiger partial charge in [0.1, 0.15) is 11.6 Å². The Kier molecular flexibility index (Phi) is 4.74. The van der Waals surface area contributed by atoms with Crippen molar-refractivity contribution in [2.45, 2.75) is 13.5 Å². The first-order valence-corrected chi connectivity index (χ1v) is 7.53. The van der Waals surface area contributed by atoms with Crippen LogP contribution in [0.4, 0.5) is 13.6 Å². The van der Waals surface area contributed by atoms with Crippen LogP contribution in [0.15, 0.2) is 54.7 Å². The van der Waals surface area contributed by atoms with Crippen LogP contribution in [0.1, 0.15) is 11.3 Å². The van der Waals surface area contributed by atoms with E-state index in [9.17, 15) is 13.6 Å². The topological polar surface area (TPSA) is 56.1 Å². The first kappa shape index (κ1) is 16.6. The van der Waals surface area contributed by atoms with Crippen molar-refractivity contribution >= 4 is 6.09 Å². The number of benzene rings is 2. The van der Waals surface area contributed by atoms with E-state index in [0.29, 0.717) is 17.1 Å². The van der Waals surface area contributed by atoms with Gasteiger partial charge in [0.2, 0.25) is 0 Å². The van der Waals surface area contributed by atoms with Crippen molar-refractivity contribution in [3.05, 3.63) is 77.6 Å². The van der Waals surface area contributed by atoms with Gasteiger partial charge >= 0.3 is 6.09 Å². The second-order valence-corrected chi connectivity index (χ2v) is 5.35. The average molecular weight is 343 g/mol. The van der Waals surface area contributed by atoms with Crippen LogP contribution in [0.3, 0.4) is 0 Å². The van der Waals surface area contributed by atoms with Crippen LogP contribution in [-0.2, 0) is 6.54 Å². The lowest BCUT2D eigenvalue weighted by Crippen LogP contribution is -2.26. The van der Waals surface area contributed by atoms with Gasteiger partial charge in [-0.1, -0.05) is 12.1 Å². The zero-order valence-corrected chi connectivity index (χ0v) is 13.4. The number of amides is 1. The van der Waals surface area contributed by atoms with E-state index < -0.39 is 6.09 Å². The van der Waals surface area contributed by atoms with Crippen molar-refractivity contribution in [2.75, 3.05) is 0 Å².